The van der Waals surface area contributed by atoms with Gasteiger partial charge in [0, 0.05) is 5.88 Å². The Labute approximate surface area is 42.7 Å². The van der Waals surface area contributed by atoms with Crippen LogP contribution in [0, 0.1) is 0 Å². The zero-order chi connectivity index (χ0) is 3.41. The SMILES string of the molecule is CCCCl.O.O. The van der Waals surface area contributed by atoms with Crippen LogP contribution in [0.15, 0.2) is 0 Å². The van der Waals surface area contributed by atoms with Crippen LogP contribution in [0.4, 0.5) is 0 Å². The fourth-order valence-corrected chi connectivity index (χ4v) is 0. The van der Waals surface area contributed by atoms with E-state index in [0.29, 0.717) is 0 Å². The Morgan fingerprint density at radius 1 is 1.33 bits per heavy atom. The molecule has 4 N–H and O–H groups in total. The van der Waals surface area contributed by atoms with E-state index in [0.717, 1.165) is 12.3 Å². The highest BCUT2D eigenvalue weighted by Gasteiger charge is 1.59. The van der Waals surface area contributed by atoms with Crippen LogP contribution < -0.4 is 0 Å². The minimum absolute atomic E-state index is 0. The number of alkyl halides is 1. The van der Waals surface area contributed by atoms with Crippen molar-refractivity contribution in [1.29, 1.82) is 0 Å². The maximum Gasteiger partial charge on any atom is 0.0220 e. The van der Waals surface area contributed by atoms with Crippen molar-refractivity contribution in [2.24, 2.45) is 0 Å². The van der Waals surface area contributed by atoms with Crippen LogP contribution in [0.5, 0.6) is 0 Å². The van der Waals surface area contributed by atoms with Crippen molar-refractivity contribution in [2.75, 3.05) is 5.88 Å². The molecule has 0 aliphatic rings. The van der Waals surface area contributed by atoms with Gasteiger partial charge in [-0.05, 0) is 6.42 Å². The van der Waals surface area contributed by atoms with Gasteiger partial charge in [0.15, 0.2) is 0 Å². The minimum Gasteiger partial charge on any atom is -0.412 e. The number of halogens is 1. The molecule has 0 spiro atoms. The van der Waals surface area contributed by atoms with Crippen molar-refractivity contribution < 1.29 is 11.0 Å². The molecule has 0 aliphatic carbocycles. The Morgan fingerprint density at radius 3 is 1.50 bits per heavy atom. The average molecular weight is 115 g/mol. The Balaban J connectivity index is -0.0000000450. The number of hydrogen-bond donors (Lipinski definition) is 0. The van der Waals surface area contributed by atoms with E-state index < -0.39 is 0 Å². The molecule has 6 heavy (non-hydrogen) atoms. The van der Waals surface area contributed by atoms with Gasteiger partial charge in [-0.25, -0.2) is 0 Å². The highest BCUT2D eigenvalue weighted by atomic mass is 35.5. The average Bonchev–Trinajstić information content (AvgIpc) is 1.37. The molecule has 0 heterocycles. The fraction of sp³-hybridized carbons (Fsp3) is 1.00. The van der Waals surface area contributed by atoms with E-state index in [1.165, 1.54) is 0 Å². The second kappa shape index (κ2) is 18.9. The highest BCUT2D eigenvalue weighted by Crippen LogP contribution is 1.75. The molecule has 0 saturated heterocycles. The Bertz CT molecular complexity index is 10.8. The van der Waals surface area contributed by atoms with Gasteiger partial charge in [-0.2, -0.15) is 0 Å². The fourth-order valence-electron chi connectivity index (χ4n) is 0. The van der Waals surface area contributed by atoms with Gasteiger partial charge in [0.2, 0.25) is 0 Å². The second-order valence-electron chi connectivity index (χ2n) is 0.689. The zero-order valence-corrected chi connectivity index (χ0v) is 4.55. The minimum atomic E-state index is 0. The molecule has 0 fully saturated rings. The van der Waals surface area contributed by atoms with Crippen LogP contribution >= 0.6 is 11.6 Å². The van der Waals surface area contributed by atoms with Crippen LogP contribution in [0.2, 0.25) is 0 Å². The van der Waals surface area contributed by atoms with Crippen molar-refractivity contribution in [3.8, 4) is 0 Å². The van der Waals surface area contributed by atoms with E-state index in [4.69, 9.17) is 11.6 Å². The topological polar surface area (TPSA) is 63.0 Å². The van der Waals surface area contributed by atoms with E-state index in [-0.39, 0.29) is 11.0 Å². The third kappa shape index (κ3) is 29.6. The summed E-state index contributed by atoms with van der Waals surface area (Å²) in [5.74, 6) is 0.792. The van der Waals surface area contributed by atoms with E-state index in [1.807, 2.05) is 6.92 Å². The monoisotopic (exact) mass is 114 g/mol. The normalized spacial score (nSPS) is 5.00. The molecule has 0 bridgehead atoms. The zero-order valence-electron chi connectivity index (χ0n) is 3.79. The molecular weight excluding hydrogens is 103 g/mol. The van der Waals surface area contributed by atoms with Gasteiger partial charge in [0.1, 0.15) is 0 Å². The van der Waals surface area contributed by atoms with Gasteiger partial charge in [-0.1, -0.05) is 6.92 Å². The lowest BCUT2D eigenvalue weighted by atomic mass is 10.6. The molecule has 0 aromatic carbocycles. The van der Waals surface area contributed by atoms with Crippen molar-refractivity contribution in [3.05, 3.63) is 0 Å². The van der Waals surface area contributed by atoms with Gasteiger partial charge >= 0.3 is 0 Å². The largest absolute Gasteiger partial charge is 0.412 e. The van der Waals surface area contributed by atoms with Crippen molar-refractivity contribution in [1.82, 2.24) is 0 Å². The van der Waals surface area contributed by atoms with Gasteiger partial charge in [0.05, 0.1) is 0 Å². The van der Waals surface area contributed by atoms with Crippen LogP contribution in [0.1, 0.15) is 13.3 Å². The van der Waals surface area contributed by atoms with Gasteiger partial charge in [-0.15, -0.1) is 11.6 Å². The van der Waals surface area contributed by atoms with E-state index in [1.54, 1.807) is 0 Å². The summed E-state index contributed by atoms with van der Waals surface area (Å²) in [5.41, 5.74) is 0. The first-order valence-electron chi connectivity index (χ1n) is 1.47. The van der Waals surface area contributed by atoms with Gasteiger partial charge < -0.3 is 11.0 Å². The molecule has 0 rings (SSSR count). The smallest absolute Gasteiger partial charge is 0.0220 e. The van der Waals surface area contributed by atoms with Crippen molar-refractivity contribution >= 4 is 11.6 Å². The summed E-state index contributed by atoms with van der Waals surface area (Å²) in [4.78, 5) is 0. The first-order chi connectivity index (χ1) is 1.91. The van der Waals surface area contributed by atoms with Crippen LogP contribution in [0.3, 0.4) is 0 Å². The molecule has 0 saturated carbocycles. The lowest BCUT2D eigenvalue weighted by molar-refractivity contribution is 0.823. The summed E-state index contributed by atoms with van der Waals surface area (Å²) in [6.07, 6.45) is 1.08. The second-order valence-corrected chi connectivity index (χ2v) is 1.07. The predicted octanol–water partition coefficient (Wildman–Crippen LogP) is -0.0142. The lowest BCUT2D eigenvalue weighted by Gasteiger charge is -1.65. The van der Waals surface area contributed by atoms with Crippen molar-refractivity contribution in [2.45, 2.75) is 13.3 Å². The van der Waals surface area contributed by atoms with Crippen LogP contribution in [-0.2, 0) is 0 Å². The molecule has 0 aromatic rings. The molecule has 2 nitrogen and oxygen atoms in total. The molecule has 0 unspecified atom stereocenters. The summed E-state index contributed by atoms with van der Waals surface area (Å²) >= 11 is 5.19. The van der Waals surface area contributed by atoms with Crippen LogP contribution in [0.25, 0.3) is 0 Å². The molecular formula is C3H11ClO2. The number of hydrogen-bond acceptors (Lipinski definition) is 0. The quantitative estimate of drug-likeness (QED) is 0.431. The van der Waals surface area contributed by atoms with E-state index >= 15 is 0 Å². The molecule has 0 atom stereocenters. The van der Waals surface area contributed by atoms with Crippen molar-refractivity contribution in [3.63, 3.8) is 0 Å². The summed E-state index contributed by atoms with van der Waals surface area (Å²) < 4.78 is 0. The molecule has 0 amide bonds. The van der Waals surface area contributed by atoms with Gasteiger partial charge in [0.25, 0.3) is 0 Å². The van der Waals surface area contributed by atoms with E-state index in [9.17, 15) is 0 Å². The molecule has 0 aliphatic heterocycles. The molecule has 0 aromatic heterocycles. The Morgan fingerprint density at radius 2 is 1.50 bits per heavy atom. The summed E-state index contributed by atoms with van der Waals surface area (Å²) in [5, 5.41) is 0. The third-order valence-corrected chi connectivity index (χ3v) is 0.567. The first-order valence-corrected chi connectivity index (χ1v) is 2.01. The Hall–Kier alpha value is 0.210. The Kier molecular flexibility index (Phi) is 51.5. The molecule has 0 radical (unpaired) electrons. The maximum absolute atomic E-state index is 5.19. The summed E-state index contributed by atoms with van der Waals surface area (Å²) in [7, 11) is 0. The number of rotatable bonds is 1. The maximum atomic E-state index is 5.19. The standard InChI is InChI=1S/C3H7Cl.2H2O/c1-2-3-4;;/h2-3H2,1H3;2*1H2. The summed E-state index contributed by atoms with van der Waals surface area (Å²) in [6.45, 7) is 2.05. The highest BCUT2D eigenvalue weighted by molar-refractivity contribution is 6.17. The van der Waals surface area contributed by atoms with Crippen LogP contribution in [-0.4, -0.2) is 16.8 Å². The van der Waals surface area contributed by atoms with E-state index in [2.05, 4.69) is 0 Å². The van der Waals surface area contributed by atoms with Gasteiger partial charge in [-0.3, -0.25) is 0 Å². The third-order valence-electron chi connectivity index (χ3n) is 0.189. The molecule has 42 valence electrons. The lowest BCUT2D eigenvalue weighted by Crippen LogP contribution is -1.55. The predicted molar refractivity (Wildman–Crippen MR) is 28.2 cm³/mol. The first kappa shape index (κ1) is 16.4. The summed E-state index contributed by atoms with van der Waals surface area (Å²) in [6, 6.07) is 0. The molecule has 3 heteroatoms.